The predicted octanol–water partition coefficient (Wildman–Crippen LogP) is 3.91. The van der Waals surface area contributed by atoms with Crippen LogP contribution in [0.15, 0.2) is 67.1 Å². The molecular weight excluding hydrogens is 328 g/mol. The van der Waals surface area contributed by atoms with Crippen LogP contribution in [0.2, 0.25) is 0 Å². The van der Waals surface area contributed by atoms with Crippen LogP contribution in [0.1, 0.15) is 28.9 Å². The van der Waals surface area contributed by atoms with E-state index in [1.165, 1.54) is 11.1 Å². The van der Waals surface area contributed by atoms with Gasteiger partial charge in [-0.2, -0.15) is 0 Å². The molecule has 0 saturated carbocycles. The van der Waals surface area contributed by atoms with Crippen molar-refractivity contribution in [2.45, 2.75) is 19.0 Å². The maximum atomic E-state index is 5.70. The van der Waals surface area contributed by atoms with E-state index >= 15 is 0 Å². The minimum atomic E-state index is 0.0115. The highest BCUT2D eigenvalue weighted by Gasteiger charge is 2.40. The van der Waals surface area contributed by atoms with Crippen molar-refractivity contribution in [1.29, 1.82) is 0 Å². The molecule has 1 N–H and O–H groups in total. The van der Waals surface area contributed by atoms with Gasteiger partial charge in [0.15, 0.2) is 5.11 Å². The van der Waals surface area contributed by atoms with E-state index in [1.807, 2.05) is 25.4 Å². The lowest BCUT2D eigenvalue weighted by atomic mass is 9.98. The minimum absolute atomic E-state index is 0.0115. The minimum Gasteiger partial charge on any atom is -0.357 e. The number of nitrogens with zero attached hydrogens (tertiary/aromatic N) is 3. The quantitative estimate of drug-likeness (QED) is 0.728. The van der Waals surface area contributed by atoms with Crippen molar-refractivity contribution in [2.24, 2.45) is 7.05 Å². The zero-order valence-electron chi connectivity index (χ0n) is 14.3. The van der Waals surface area contributed by atoms with Gasteiger partial charge in [-0.15, -0.1) is 0 Å². The Labute approximate surface area is 153 Å². The number of pyridine rings is 1. The number of thiocarbonyl (C=S) groups is 1. The first-order valence-corrected chi connectivity index (χ1v) is 8.73. The highest BCUT2D eigenvalue weighted by molar-refractivity contribution is 7.80. The van der Waals surface area contributed by atoms with Gasteiger partial charge in [-0.1, -0.05) is 23.8 Å². The Balaban J connectivity index is 1.81. The summed E-state index contributed by atoms with van der Waals surface area (Å²) in [5, 5.41) is 4.21. The second-order valence-electron chi connectivity index (χ2n) is 6.44. The fourth-order valence-electron chi connectivity index (χ4n) is 3.38. The zero-order valence-corrected chi connectivity index (χ0v) is 15.1. The zero-order chi connectivity index (χ0) is 17.4. The van der Waals surface area contributed by atoms with Crippen molar-refractivity contribution in [2.75, 3.05) is 4.90 Å². The summed E-state index contributed by atoms with van der Waals surface area (Å²) in [4.78, 5) is 6.76. The Morgan fingerprint density at radius 1 is 1.08 bits per heavy atom. The Bertz CT molecular complexity index is 886. The summed E-state index contributed by atoms with van der Waals surface area (Å²) in [6, 6.07) is 16.7. The molecule has 4 nitrogen and oxygen atoms in total. The molecule has 126 valence electrons. The molecule has 0 bridgehead atoms. The summed E-state index contributed by atoms with van der Waals surface area (Å²) < 4.78 is 2.07. The van der Waals surface area contributed by atoms with Crippen molar-refractivity contribution in [3.05, 3.63) is 83.9 Å². The largest absolute Gasteiger partial charge is 0.357 e. The van der Waals surface area contributed by atoms with Crippen LogP contribution in [0.5, 0.6) is 0 Å². The molecule has 3 aromatic rings. The first kappa shape index (κ1) is 15.8. The number of hydrogen-bond donors (Lipinski definition) is 1. The lowest BCUT2D eigenvalue weighted by molar-refractivity contribution is 0.567. The number of aromatic nitrogens is 2. The van der Waals surface area contributed by atoms with E-state index in [0.717, 1.165) is 16.5 Å². The van der Waals surface area contributed by atoms with Gasteiger partial charge in [-0.3, -0.25) is 4.98 Å². The second-order valence-corrected chi connectivity index (χ2v) is 6.83. The molecule has 0 spiro atoms. The average Bonchev–Trinajstić information content (AvgIpc) is 3.20. The van der Waals surface area contributed by atoms with Crippen molar-refractivity contribution < 1.29 is 0 Å². The molecule has 1 aliphatic rings. The second kappa shape index (κ2) is 6.33. The van der Waals surface area contributed by atoms with E-state index in [9.17, 15) is 0 Å². The van der Waals surface area contributed by atoms with Gasteiger partial charge in [0.25, 0.3) is 0 Å². The topological polar surface area (TPSA) is 33.1 Å². The Hall–Kier alpha value is -2.66. The van der Waals surface area contributed by atoms with Gasteiger partial charge < -0.3 is 14.8 Å². The van der Waals surface area contributed by atoms with Crippen LogP contribution in [0.25, 0.3) is 0 Å². The monoisotopic (exact) mass is 348 g/mol. The molecule has 2 atom stereocenters. The predicted molar refractivity (Wildman–Crippen MR) is 105 cm³/mol. The van der Waals surface area contributed by atoms with E-state index in [1.54, 1.807) is 0 Å². The number of aryl methyl sites for hydroxylation is 2. The molecule has 0 unspecified atom stereocenters. The maximum Gasteiger partial charge on any atom is 0.174 e. The molecular formula is C20H20N4S. The van der Waals surface area contributed by atoms with Gasteiger partial charge in [0.05, 0.1) is 17.8 Å². The normalized spacial score (nSPS) is 19.9. The lowest BCUT2D eigenvalue weighted by Crippen LogP contribution is -2.29. The number of nitrogens with one attached hydrogen (secondary N) is 1. The van der Waals surface area contributed by atoms with Gasteiger partial charge in [-0.05, 0) is 55.0 Å². The molecule has 1 aromatic carbocycles. The molecule has 0 amide bonds. The van der Waals surface area contributed by atoms with Crippen molar-refractivity contribution in [3.63, 3.8) is 0 Å². The summed E-state index contributed by atoms with van der Waals surface area (Å²) in [7, 11) is 2.04. The maximum absolute atomic E-state index is 5.70. The molecule has 0 radical (unpaired) electrons. The van der Waals surface area contributed by atoms with Crippen LogP contribution >= 0.6 is 12.2 Å². The first-order valence-electron chi connectivity index (χ1n) is 8.33. The highest BCUT2D eigenvalue weighted by atomic mass is 32.1. The molecule has 2 aromatic heterocycles. The Morgan fingerprint density at radius 2 is 1.88 bits per heavy atom. The van der Waals surface area contributed by atoms with E-state index in [-0.39, 0.29) is 12.1 Å². The van der Waals surface area contributed by atoms with Crippen LogP contribution in [0.4, 0.5) is 5.69 Å². The third-order valence-corrected chi connectivity index (χ3v) is 4.92. The van der Waals surface area contributed by atoms with Gasteiger partial charge in [0.2, 0.25) is 0 Å². The summed E-state index contributed by atoms with van der Waals surface area (Å²) in [6.07, 6.45) is 6.05. The lowest BCUT2D eigenvalue weighted by Gasteiger charge is -2.27. The fourth-order valence-corrected chi connectivity index (χ4v) is 3.72. The number of rotatable bonds is 3. The Morgan fingerprint density at radius 3 is 2.52 bits per heavy atom. The third-order valence-electron chi connectivity index (χ3n) is 4.61. The highest BCUT2D eigenvalue weighted by Crippen LogP contribution is 2.41. The van der Waals surface area contributed by atoms with Crippen LogP contribution in [-0.4, -0.2) is 14.7 Å². The van der Waals surface area contributed by atoms with E-state index in [2.05, 4.69) is 75.5 Å². The molecule has 5 heteroatoms. The molecule has 1 fully saturated rings. The van der Waals surface area contributed by atoms with Crippen molar-refractivity contribution in [1.82, 2.24) is 14.9 Å². The summed E-state index contributed by atoms with van der Waals surface area (Å²) in [5.41, 5.74) is 4.54. The fraction of sp³-hybridized carbons (Fsp3) is 0.200. The number of hydrogen-bond acceptors (Lipinski definition) is 2. The molecule has 3 heterocycles. The summed E-state index contributed by atoms with van der Waals surface area (Å²) in [5.74, 6) is 0. The van der Waals surface area contributed by atoms with Gasteiger partial charge >= 0.3 is 0 Å². The molecule has 4 rings (SSSR count). The Kier molecular flexibility index (Phi) is 4.01. The molecule has 1 saturated heterocycles. The number of benzene rings is 1. The molecule has 25 heavy (non-hydrogen) atoms. The van der Waals surface area contributed by atoms with Crippen LogP contribution < -0.4 is 10.2 Å². The summed E-state index contributed by atoms with van der Waals surface area (Å²) in [6.45, 7) is 2.09. The first-order chi connectivity index (χ1) is 12.1. The van der Waals surface area contributed by atoms with Gasteiger partial charge in [0, 0.05) is 31.3 Å². The molecule has 1 aliphatic heterocycles. The van der Waals surface area contributed by atoms with Gasteiger partial charge in [0.1, 0.15) is 0 Å². The summed E-state index contributed by atoms with van der Waals surface area (Å²) >= 11 is 5.70. The van der Waals surface area contributed by atoms with E-state index in [4.69, 9.17) is 12.2 Å². The number of anilines is 1. The van der Waals surface area contributed by atoms with Crippen LogP contribution in [0, 0.1) is 6.92 Å². The smallest absolute Gasteiger partial charge is 0.174 e. The van der Waals surface area contributed by atoms with Gasteiger partial charge in [-0.25, -0.2) is 0 Å². The third kappa shape index (κ3) is 2.91. The van der Waals surface area contributed by atoms with E-state index in [0.29, 0.717) is 0 Å². The SMILES string of the molecule is Cc1ccc(N2C(=S)N[C@@H](c3ccccn3)[C@H]2c2ccn(C)c2)cc1. The average molecular weight is 348 g/mol. The van der Waals surface area contributed by atoms with Crippen LogP contribution in [-0.2, 0) is 7.05 Å². The van der Waals surface area contributed by atoms with Crippen molar-refractivity contribution in [3.8, 4) is 0 Å². The molecule has 0 aliphatic carbocycles. The standard InChI is InChI=1S/C20H20N4S/c1-14-6-8-16(9-7-14)24-19(15-10-12-23(2)13-15)18(22-20(24)25)17-5-3-4-11-21-17/h3-13,18-19H,1-2H3,(H,22,25)/t18-,19+/m0/s1. The van der Waals surface area contributed by atoms with E-state index < -0.39 is 0 Å². The van der Waals surface area contributed by atoms with Crippen molar-refractivity contribution >= 4 is 23.0 Å². The van der Waals surface area contributed by atoms with Crippen LogP contribution in [0.3, 0.4) is 0 Å².